The molecule has 0 N–H and O–H groups in total. The molecule has 0 saturated heterocycles. The standard InChI is InChI=1S/C14H9BrClN3/c15-11-5-3-4-10(8-11)14-17-9-18-19(14)13-7-2-1-6-12(13)16/h1-9H. The Labute approximate surface area is 124 Å². The Bertz CT molecular complexity index is 724. The summed E-state index contributed by atoms with van der Waals surface area (Å²) in [6, 6.07) is 15.5. The molecular formula is C14H9BrClN3. The van der Waals surface area contributed by atoms with E-state index in [1.165, 1.54) is 6.33 Å². The van der Waals surface area contributed by atoms with Crippen LogP contribution in [-0.4, -0.2) is 14.8 Å². The third-order valence-electron chi connectivity index (χ3n) is 2.71. The minimum Gasteiger partial charge on any atom is -0.215 e. The predicted octanol–water partition coefficient (Wildman–Crippen LogP) is 4.35. The molecule has 19 heavy (non-hydrogen) atoms. The van der Waals surface area contributed by atoms with Crippen molar-refractivity contribution >= 4 is 27.5 Å². The number of hydrogen-bond acceptors (Lipinski definition) is 2. The van der Waals surface area contributed by atoms with Gasteiger partial charge in [0.05, 0.1) is 10.7 Å². The highest BCUT2D eigenvalue weighted by Crippen LogP contribution is 2.26. The zero-order valence-electron chi connectivity index (χ0n) is 9.79. The molecule has 0 atom stereocenters. The van der Waals surface area contributed by atoms with E-state index in [0.29, 0.717) is 5.02 Å². The van der Waals surface area contributed by atoms with E-state index in [1.807, 2.05) is 48.5 Å². The lowest BCUT2D eigenvalue weighted by atomic mass is 10.2. The minimum absolute atomic E-state index is 0.643. The average molecular weight is 335 g/mol. The van der Waals surface area contributed by atoms with Crippen LogP contribution in [-0.2, 0) is 0 Å². The normalized spacial score (nSPS) is 10.6. The molecule has 0 spiro atoms. The molecular weight excluding hydrogens is 326 g/mol. The zero-order valence-corrected chi connectivity index (χ0v) is 12.1. The van der Waals surface area contributed by atoms with E-state index in [2.05, 4.69) is 26.0 Å². The van der Waals surface area contributed by atoms with Crippen LogP contribution in [0.1, 0.15) is 0 Å². The highest BCUT2D eigenvalue weighted by atomic mass is 79.9. The molecule has 3 rings (SSSR count). The first-order valence-electron chi connectivity index (χ1n) is 5.66. The van der Waals surface area contributed by atoms with Crippen LogP contribution in [0.4, 0.5) is 0 Å². The van der Waals surface area contributed by atoms with Gasteiger partial charge in [-0.25, -0.2) is 9.67 Å². The molecule has 0 saturated carbocycles. The minimum atomic E-state index is 0.643. The molecule has 0 bridgehead atoms. The van der Waals surface area contributed by atoms with Gasteiger partial charge in [0.15, 0.2) is 5.82 Å². The summed E-state index contributed by atoms with van der Waals surface area (Å²) in [5.74, 6) is 0.759. The highest BCUT2D eigenvalue weighted by molar-refractivity contribution is 9.10. The number of halogens is 2. The summed E-state index contributed by atoms with van der Waals surface area (Å²) < 4.78 is 2.74. The van der Waals surface area contributed by atoms with Crippen LogP contribution in [0.5, 0.6) is 0 Å². The van der Waals surface area contributed by atoms with Crippen molar-refractivity contribution in [2.45, 2.75) is 0 Å². The van der Waals surface area contributed by atoms with E-state index in [0.717, 1.165) is 21.5 Å². The number of para-hydroxylation sites is 1. The number of nitrogens with zero attached hydrogens (tertiary/aromatic N) is 3. The largest absolute Gasteiger partial charge is 0.215 e. The maximum absolute atomic E-state index is 6.21. The van der Waals surface area contributed by atoms with Gasteiger partial charge in [0.1, 0.15) is 6.33 Å². The lowest BCUT2D eigenvalue weighted by Gasteiger charge is -2.07. The quantitative estimate of drug-likeness (QED) is 0.697. The fourth-order valence-corrected chi connectivity index (χ4v) is 2.48. The lowest BCUT2D eigenvalue weighted by Crippen LogP contribution is -2.00. The molecule has 3 nitrogen and oxygen atoms in total. The van der Waals surface area contributed by atoms with Gasteiger partial charge in [-0.3, -0.25) is 0 Å². The Morgan fingerprint density at radius 2 is 1.89 bits per heavy atom. The van der Waals surface area contributed by atoms with Gasteiger partial charge in [0, 0.05) is 10.0 Å². The van der Waals surface area contributed by atoms with Crippen molar-refractivity contribution in [3.8, 4) is 17.1 Å². The van der Waals surface area contributed by atoms with Gasteiger partial charge >= 0.3 is 0 Å². The van der Waals surface area contributed by atoms with Gasteiger partial charge in [-0.05, 0) is 24.3 Å². The molecule has 0 aliphatic carbocycles. The van der Waals surface area contributed by atoms with E-state index < -0.39 is 0 Å². The summed E-state index contributed by atoms with van der Waals surface area (Å²) in [6.07, 6.45) is 1.53. The zero-order chi connectivity index (χ0) is 13.2. The molecule has 5 heteroatoms. The fraction of sp³-hybridized carbons (Fsp3) is 0. The second-order valence-corrected chi connectivity index (χ2v) is 5.28. The fourth-order valence-electron chi connectivity index (χ4n) is 1.87. The molecule has 1 aromatic heterocycles. The van der Waals surface area contributed by atoms with Gasteiger partial charge in [-0.15, -0.1) is 0 Å². The van der Waals surface area contributed by atoms with Crippen molar-refractivity contribution in [1.29, 1.82) is 0 Å². The molecule has 0 aliphatic heterocycles. The van der Waals surface area contributed by atoms with E-state index in [4.69, 9.17) is 11.6 Å². The van der Waals surface area contributed by atoms with Crippen LogP contribution in [0.15, 0.2) is 59.3 Å². The summed E-state index contributed by atoms with van der Waals surface area (Å²) in [6.45, 7) is 0. The second kappa shape index (κ2) is 5.15. The first-order valence-corrected chi connectivity index (χ1v) is 6.83. The summed E-state index contributed by atoms with van der Waals surface area (Å²) >= 11 is 9.67. The average Bonchev–Trinajstić information content (AvgIpc) is 2.88. The maximum Gasteiger partial charge on any atom is 0.163 e. The maximum atomic E-state index is 6.21. The molecule has 94 valence electrons. The molecule has 0 fully saturated rings. The third kappa shape index (κ3) is 2.41. The smallest absolute Gasteiger partial charge is 0.163 e. The van der Waals surface area contributed by atoms with Crippen molar-refractivity contribution in [2.75, 3.05) is 0 Å². The van der Waals surface area contributed by atoms with E-state index in [-0.39, 0.29) is 0 Å². The Morgan fingerprint density at radius 3 is 2.68 bits per heavy atom. The van der Waals surface area contributed by atoms with Crippen LogP contribution in [0.2, 0.25) is 5.02 Å². The molecule has 0 unspecified atom stereocenters. The SMILES string of the molecule is Clc1ccccc1-n1ncnc1-c1cccc(Br)c1. The Morgan fingerprint density at radius 1 is 1.05 bits per heavy atom. The van der Waals surface area contributed by atoms with Crippen LogP contribution in [0.3, 0.4) is 0 Å². The molecule has 0 amide bonds. The number of benzene rings is 2. The Hall–Kier alpha value is -1.65. The number of rotatable bonds is 2. The van der Waals surface area contributed by atoms with Gasteiger partial charge in [-0.2, -0.15) is 5.10 Å². The van der Waals surface area contributed by atoms with Crippen LogP contribution in [0.25, 0.3) is 17.1 Å². The lowest BCUT2D eigenvalue weighted by molar-refractivity contribution is 0.887. The molecule has 0 aliphatic rings. The molecule has 3 aromatic rings. The molecule has 1 heterocycles. The van der Waals surface area contributed by atoms with E-state index in [1.54, 1.807) is 4.68 Å². The van der Waals surface area contributed by atoms with Crippen molar-refractivity contribution in [3.05, 3.63) is 64.4 Å². The third-order valence-corrected chi connectivity index (χ3v) is 3.52. The predicted molar refractivity (Wildman–Crippen MR) is 79.5 cm³/mol. The van der Waals surface area contributed by atoms with E-state index >= 15 is 0 Å². The Kier molecular flexibility index (Phi) is 3.36. The van der Waals surface area contributed by atoms with Crippen molar-refractivity contribution in [3.63, 3.8) is 0 Å². The van der Waals surface area contributed by atoms with Crippen LogP contribution < -0.4 is 0 Å². The first kappa shape index (κ1) is 12.4. The van der Waals surface area contributed by atoms with Crippen molar-refractivity contribution in [1.82, 2.24) is 14.8 Å². The number of hydrogen-bond donors (Lipinski definition) is 0. The topological polar surface area (TPSA) is 30.7 Å². The van der Waals surface area contributed by atoms with Crippen molar-refractivity contribution in [2.24, 2.45) is 0 Å². The van der Waals surface area contributed by atoms with Gasteiger partial charge in [-0.1, -0.05) is 51.8 Å². The number of aromatic nitrogens is 3. The van der Waals surface area contributed by atoms with E-state index in [9.17, 15) is 0 Å². The second-order valence-electron chi connectivity index (χ2n) is 3.96. The Balaban J connectivity index is 2.16. The first-order chi connectivity index (χ1) is 9.25. The van der Waals surface area contributed by atoms with Crippen LogP contribution in [0, 0.1) is 0 Å². The summed E-state index contributed by atoms with van der Waals surface area (Å²) in [5.41, 5.74) is 1.79. The van der Waals surface area contributed by atoms with Crippen LogP contribution >= 0.6 is 27.5 Å². The summed E-state index contributed by atoms with van der Waals surface area (Å²) in [5, 5.41) is 4.90. The molecule has 2 aromatic carbocycles. The van der Waals surface area contributed by atoms with Crippen molar-refractivity contribution < 1.29 is 0 Å². The highest BCUT2D eigenvalue weighted by Gasteiger charge is 2.11. The molecule has 0 radical (unpaired) electrons. The summed E-state index contributed by atoms with van der Waals surface area (Å²) in [7, 11) is 0. The monoisotopic (exact) mass is 333 g/mol. The van der Waals surface area contributed by atoms with Gasteiger partial charge in [0.25, 0.3) is 0 Å². The van der Waals surface area contributed by atoms with Gasteiger partial charge < -0.3 is 0 Å². The van der Waals surface area contributed by atoms with Gasteiger partial charge in [0.2, 0.25) is 0 Å². The summed E-state index contributed by atoms with van der Waals surface area (Å²) in [4.78, 5) is 4.32.